The maximum atomic E-state index is 13.0. The van der Waals surface area contributed by atoms with E-state index in [0.717, 1.165) is 13.1 Å². The molecular weight excluding hydrogens is 342 g/mol. The zero-order valence-corrected chi connectivity index (χ0v) is 16.6. The van der Waals surface area contributed by atoms with Crippen LogP contribution >= 0.6 is 0 Å². The van der Waals surface area contributed by atoms with Gasteiger partial charge in [-0.05, 0) is 25.0 Å². The van der Waals surface area contributed by atoms with Crippen LogP contribution in [0.25, 0.3) is 0 Å². The summed E-state index contributed by atoms with van der Waals surface area (Å²) in [6, 6.07) is 8.38. The highest BCUT2D eigenvalue weighted by Crippen LogP contribution is 2.47. The third-order valence-electron chi connectivity index (χ3n) is 6.44. The average molecular weight is 371 g/mol. The van der Waals surface area contributed by atoms with Crippen molar-refractivity contribution in [3.05, 3.63) is 35.4 Å². The van der Waals surface area contributed by atoms with E-state index < -0.39 is 0 Å². The van der Waals surface area contributed by atoms with Gasteiger partial charge in [-0.25, -0.2) is 4.79 Å². The van der Waals surface area contributed by atoms with Gasteiger partial charge in [0.15, 0.2) is 0 Å². The van der Waals surface area contributed by atoms with Crippen LogP contribution in [0.15, 0.2) is 24.3 Å². The molecule has 6 heteroatoms. The van der Waals surface area contributed by atoms with Crippen LogP contribution in [-0.4, -0.2) is 73.6 Å². The molecule has 6 nitrogen and oxygen atoms in total. The first-order valence-corrected chi connectivity index (χ1v) is 9.72. The molecule has 1 aromatic carbocycles. The Kier molecular flexibility index (Phi) is 4.41. The van der Waals surface area contributed by atoms with Crippen LogP contribution in [0.1, 0.15) is 24.1 Å². The Bertz CT molecular complexity index is 759. The zero-order chi connectivity index (χ0) is 19.3. The van der Waals surface area contributed by atoms with Crippen molar-refractivity contribution in [2.24, 2.45) is 17.3 Å². The van der Waals surface area contributed by atoms with E-state index in [0.29, 0.717) is 25.7 Å². The molecule has 0 unspecified atom stereocenters. The lowest BCUT2D eigenvalue weighted by molar-refractivity contribution is -0.168. The Morgan fingerprint density at radius 2 is 1.85 bits per heavy atom. The molecule has 4 rings (SSSR count). The molecule has 0 aliphatic carbocycles. The Morgan fingerprint density at radius 1 is 1.15 bits per heavy atom. The number of rotatable bonds is 2. The number of nitrogens with zero attached hydrogens (tertiary/aromatic N) is 3. The lowest BCUT2D eigenvalue weighted by Crippen LogP contribution is -2.53. The van der Waals surface area contributed by atoms with Crippen LogP contribution in [-0.2, 0) is 9.53 Å². The predicted octanol–water partition coefficient (Wildman–Crippen LogP) is 2.14. The number of aryl methyl sites for hydroxylation is 1. The second-order valence-electron chi connectivity index (χ2n) is 8.82. The van der Waals surface area contributed by atoms with Gasteiger partial charge >= 0.3 is 6.03 Å². The number of carbonyl (C=O) groups excluding carboxylic acids is 2. The highest BCUT2D eigenvalue weighted by atomic mass is 16.5. The molecule has 3 saturated heterocycles. The van der Waals surface area contributed by atoms with Crippen LogP contribution < -0.4 is 0 Å². The van der Waals surface area contributed by atoms with Gasteiger partial charge in [0.2, 0.25) is 5.91 Å². The van der Waals surface area contributed by atoms with Crippen molar-refractivity contribution >= 4 is 11.9 Å². The second kappa shape index (κ2) is 6.51. The number of benzene rings is 1. The Morgan fingerprint density at radius 3 is 2.44 bits per heavy atom. The minimum Gasteiger partial charge on any atom is -0.379 e. The van der Waals surface area contributed by atoms with Gasteiger partial charge in [-0.2, -0.15) is 0 Å². The Labute approximate surface area is 161 Å². The molecule has 0 aromatic heterocycles. The number of hydrogen-bond acceptors (Lipinski definition) is 3. The van der Waals surface area contributed by atoms with Crippen molar-refractivity contribution in [1.82, 2.24) is 14.7 Å². The SMILES string of the molecule is Cc1ccccc1[C@H]1[C@@H]2CN(C(=O)C3(C)COC3)C[C@@H]2CN1C(=O)N(C)C. The van der Waals surface area contributed by atoms with Crippen LogP contribution in [0, 0.1) is 24.2 Å². The molecule has 0 bridgehead atoms. The van der Waals surface area contributed by atoms with Gasteiger partial charge in [-0.15, -0.1) is 0 Å². The zero-order valence-electron chi connectivity index (χ0n) is 16.6. The molecule has 3 heterocycles. The van der Waals surface area contributed by atoms with E-state index in [4.69, 9.17) is 4.74 Å². The van der Waals surface area contributed by atoms with Gasteiger partial charge in [0.25, 0.3) is 0 Å². The van der Waals surface area contributed by atoms with Crippen molar-refractivity contribution in [2.45, 2.75) is 19.9 Å². The number of urea groups is 1. The first kappa shape index (κ1) is 18.3. The highest BCUT2D eigenvalue weighted by molar-refractivity contribution is 5.84. The predicted molar refractivity (Wildman–Crippen MR) is 102 cm³/mol. The van der Waals surface area contributed by atoms with Crippen LogP contribution in [0.5, 0.6) is 0 Å². The van der Waals surface area contributed by atoms with Gasteiger partial charge in [-0.3, -0.25) is 4.79 Å². The second-order valence-corrected chi connectivity index (χ2v) is 8.82. The molecule has 27 heavy (non-hydrogen) atoms. The van der Waals surface area contributed by atoms with E-state index in [9.17, 15) is 9.59 Å². The maximum absolute atomic E-state index is 13.0. The van der Waals surface area contributed by atoms with Crippen molar-refractivity contribution < 1.29 is 14.3 Å². The summed E-state index contributed by atoms with van der Waals surface area (Å²) < 4.78 is 5.29. The molecule has 3 aliphatic heterocycles. The maximum Gasteiger partial charge on any atom is 0.320 e. The van der Waals surface area contributed by atoms with E-state index >= 15 is 0 Å². The van der Waals surface area contributed by atoms with Gasteiger partial charge < -0.3 is 19.4 Å². The number of amides is 3. The number of carbonyl (C=O) groups is 2. The van der Waals surface area contributed by atoms with E-state index in [1.807, 2.05) is 28.9 Å². The molecule has 146 valence electrons. The molecule has 3 atom stereocenters. The normalized spacial score (nSPS) is 28.7. The number of ether oxygens (including phenoxy) is 1. The van der Waals surface area contributed by atoms with Gasteiger partial charge in [0.1, 0.15) is 0 Å². The van der Waals surface area contributed by atoms with Crippen molar-refractivity contribution in [3.8, 4) is 0 Å². The molecule has 0 N–H and O–H groups in total. The minimum atomic E-state index is -0.365. The summed E-state index contributed by atoms with van der Waals surface area (Å²) in [5, 5.41) is 0. The molecule has 0 spiro atoms. The molecular formula is C21H29N3O3. The van der Waals surface area contributed by atoms with E-state index in [2.05, 4.69) is 19.1 Å². The van der Waals surface area contributed by atoms with Crippen LogP contribution in [0.3, 0.4) is 0 Å². The van der Waals surface area contributed by atoms with Crippen LogP contribution in [0.4, 0.5) is 4.79 Å². The third kappa shape index (κ3) is 2.90. The summed E-state index contributed by atoms with van der Waals surface area (Å²) >= 11 is 0. The largest absolute Gasteiger partial charge is 0.379 e. The molecule has 0 saturated carbocycles. The quantitative estimate of drug-likeness (QED) is 0.800. The summed E-state index contributed by atoms with van der Waals surface area (Å²) in [5.41, 5.74) is 2.03. The molecule has 3 amide bonds. The van der Waals surface area contributed by atoms with Crippen molar-refractivity contribution in [1.29, 1.82) is 0 Å². The fourth-order valence-corrected chi connectivity index (χ4v) is 4.90. The van der Waals surface area contributed by atoms with Gasteiger partial charge in [0.05, 0.1) is 24.7 Å². The fourth-order valence-electron chi connectivity index (χ4n) is 4.90. The molecule has 0 radical (unpaired) electrons. The first-order valence-electron chi connectivity index (χ1n) is 9.72. The summed E-state index contributed by atoms with van der Waals surface area (Å²) in [5.74, 6) is 0.813. The number of fused-ring (bicyclic) bond motifs is 1. The summed E-state index contributed by atoms with van der Waals surface area (Å²) in [7, 11) is 3.61. The standard InChI is InChI=1S/C21H29N3O3/c1-14-7-5-6-8-16(14)18-17-11-23(19(25)21(2)12-27-13-21)9-15(17)10-24(18)20(26)22(3)4/h5-8,15,17-18H,9-13H2,1-4H3/t15-,17-,18+/m1/s1. The van der Waals surface area contributed by atoms with Gasteiger partial charge in [0, 0.05) is 45.6 Å². The Balaban J connectivity index is 1.62. The first-order chi connectivity index (χ1) is 12.8. The third-order valence-corrected chi connectivity index (χ3v) is 6.44. The lowest BCUT2D eigenvalue weighted by Gasteiger charge is -2.40. The number of hydrogen-bond donors (Lipinski definition) is 0. The molecule has 3 fully saturated rings. The van der Waals surface area contributed by atoms with E-state index in [-0.39, 0.29) is 29.3 Å². The van der Waals surface area contributed by atoms with Crippen LogP contribution in [0.2, 0.25) is 0 Å². The average Bonchev–Trinajstić information content (AvgIpc) is 3.16. The van der Waals surface area contributed by atoms with E-state index in [1.165, 1.54) is 11.1 Å². The molecule has 3 aliphatic rings. The molecule has 1 aromatic rings. The fraction of sp³-hybridized carbons (Fsp3) is 0.619. The van der Waals surface area contributed by atoms with Gasteiger partial charge in [-0.1, -0.05) is 24.3 Å². The van der Waals surface area contributed by atoms with Crippen molar-refractivity contribution in [2.75, 3.05) is 46.9 Å². The number of likely N-dealkylation sites (tertiary alicyclic amines) is 2. The smallest absolute Gasteiger partial charge is 0.320 e. The monoisotopic (exact) mass is 371 g/mol. The van der Waals surface area contributed by atoms with Crippen molar-refractivity contribution in [3.63, 3.8) is 0 Å². The van der Waals surface area contributed by atoms with E-state index in [1.54, 1.807) is 19.0 Å². The lowest BCUT2D eigenvalue weighted by atomic mass is 9.86. The topological polar surface area (TPSA) is 53.1 Å². The summed E-state index contributed by atoms with van der Waals surface area (Å²) in [4.78, 5) is 31.5. The minimum absolute atomic E-state index is 0.0225. The Hall–Kier alpha value is -2.08. The summed E-state index contributed by atoms with van der Waals surface area (Å²) in [6.45, 7) is 7.29. The highest BCUT2D eigenvalue weighted by Gasteiger charge is 2.53. The summed E-state index contributed by atoms with van der Waals surface area (Å²) in [6.07, 6.45) is 0.